The number of aromatic nitrogens is 1. The maximum atomic E-state index is 12.2. The molecule has 0 aliphatic heterocycles. The molecule has 3 heterocycles. The Morgan fingerprint density at radius 3 is 2.18 bits per heavy atom. The van der Waals surface area contributed by atoms with Gasteiger partial charge in [0.25, 0.3) is 0 Å². The number of ketones is 1. The minimum atomic E-state index is -0.337. The third-order valence-corrected chi connectivity index (χ3v) is 12.1. The molecular weight excluding hydrogens is 827 g/mol. The number of thiophene rings is 1. The summed E-state index contributed by atoms with van der Waals surface area (Å²) in [6, 6.07) is 25.3. The van der Waals surface area contributed by atoms with E-state index in [9.17, 15) is 9.90 Å². The molecule has 0 atom stereocenters. The van der Waals surface area contributed by atoms with Crippen molar-refractivity contribution in [3.63, 3.8) is 0 Å². The first-order valence-electron chi connectivity index (χ1n) is 18.0. The Kier molecular flexibility index (Phi) is 12.6. The van der Waals surface area contributed by atoms with Crippen molar-refractivity contribution < 1.29 is 34.4 Å². The number of pyridine rings is 1. The van der Waals surface area contributed by atoms with Gasteiger partial charge in [0.15, 0.2) is 5.78 Å². The van der Waals surface area contributed by atoms with Crippen LogP contribution in [0.2, 0.25) is 0 Å². The van der Waals surface area contributed by atoms with Crippen molar-refractivity contribution in [1.29, 1.82) is 0 Å². The molecule has 0 fully saturated rings. The molecule has 0 unspecified atom stereocenters. The van der Waals surface area contributed by atoms with E-state index in [2.05, 4.69) is 94.4 Å². The van der Waals surface area contributed by atoms with E-state index in [1.807, 2.05) is 54.0 Å². The number of rotatable bonds is 9. The van der Waals surface area contributed by atoms with Gasteiger partial charge in [-0.2, -0.15) is 0 Å². The number of aryl methyl sites for hydroxylation is 1. The maximum absolute atomic E-state index is 12.2. The summed E-state index contributed by atoms with van der Waals surface area (Å²) in [6.07, 6.45) is 8.50. The molecule has 0 saturated carbocycles. The van der Waals surface area contributed by atoms with Gasteiger partial charge in [0, 0.05) is 63.9 Å². The molecule has 4 nitrogen and oxygen atoms in total. The number of hydrogen-bond acceptors (Lipinski definition) is 5. The molecule has 6 aromatic rings. The van der Waals surface area contributed by atoms with Gasteiger partial charge in [-0.15, -0.1) is 40.5 Å². The Morgan fingerprint density at radius 2 is 1.53 bits per heavy atom. The van der Waals surface area contributed by atoms with Gasteiger partial charge in [0.1, 0.15) is 11.3 Å². The number of hydrogen-bond donors (Lipinski definition) is 1. The Hall–Kier alpha value is -3.57. The summed E-state index contributed by atoms with van der Waals surface area (Å²) in [5, 5.41) is 14.9. The number of fused-ring (bicyclic) bond motifs is 3. The molecule has 1 radical (unpaired) electrons. The molecule has 6 rings (SSSR count). The molecule has 0 aliphatic rings. The van der Waals surface area contributed by atoms with Crippen molar-refractivity contribution in [2.24, 2.45) is 10.8 Å². The Balaban J connectivity index is 0.000000279. The minimum Gasteiger partial charge on any atom is -0.512 e. The molecule has 271 valence electrons. The number of allylic oxidation sites excluding steroid dienone is 2. The van der Waals surface area contributed by atoms with Gasteiger partial charge in [0.05, 0.1) is 6.26 Å². The van der Waals surface area contributed by atoms with E-state index in [0.29, 0.717) is 0 Å². The van der Waals surface area contributed by atoms with Crippen molar-refractivity contribution in [1.82, 2.24) is 4.98 Å². The van der Waals surface area contributed by atoms with Crippen LogP contribution in [0.25, 0.3) is 53.5 Å². The van der Waals surface area contributed by atoms with E-state index in [0.717, 1.165) is 53.5 Å². The van der Waals surface area contributed by atoms with Gasteiger partial charge in [-0.3, -0.25) is 9.78 Å². The summed E-state index contributed by atoms with van der Waals surface area (Å²) in [6.45, 7) is 21.0. The first-order chi connectivity index (χ1) is 23.7. The average molecular weight is 879 g/mol. The van der Waals surface area contributed by atoms with Gasteiger partial charge < -0.3 is 9.52 Å². The smallest absolute Gasteiger partial charge is 0.164 e. The third kappa shape index (κ3) is 8.25. The molecule has 0 bridgehead atoms. The van der Waals surface area contributed by atoms with Crippen LogP contribution >= 0.6 is 11.3 Å². The first-order valence-corrected chi connectivity index (χ1v) is 18.8. The van der Waals surface area contributed by atoms with Crippen molar-refractivity contribution in [2.45, 2.75) is 100 Å². The van der Waals surface area contributed by atoms with E-state index in [1.54, 1.807) is 11.3 Å². The average Bonchev–Trinajstić information content (AvgIpc) is 3.73. The second-order valence-corrected chi connectivity index (χ2v) is 16.2. The second kappa shape index (κ2) is 16.0. The number of benzene rings is 3. The summed E-state index contributed by atoms with van der Waals surface area (Å²) in [5.74, 6) is 0.286. The number of carbonyl (C=O) groups is 1. The molecule has 0 aliphatic carbocycles. The SMILES string of the molecule is CCC(C)(CC)C(=O)/C=C(\O)C(C)(CC)CC.Cc1coc2ccc(-c3cc4c(-c5[c-]c6ccccc6c(C(C)(C)C)c5)nccc4s3)cc12.[Ir]. The monoisotopic (exact) mass is 879 g/mol. The molecule has 1 N–H and O–H groups in total. The van der Waals surface area contributed by atoms with E-state index in [1.165, 1.54) is 42.9 Å². The van der Waals surface area contributed by atoms with Crippen LogP contribution in [0.15, 0.2) is 89.4 Å². The van der Waals surface area contributed by atoms with Crippen LogP contribution in [0.1, 0.15) is 99.1 Å². The fourth-order valence-corrected chi connectivity index (χ4v) is 7.34. The number of nitrogens with zero attached hydrogens (tertiary/aromatic N) is 1. The van der Waals surface area contributed by atoms with Gasteiger partial charge in [-0.25, -0.2) is 0 Å². The molecular formula is C45H52IrNO3S-. The Bertz CT molecular complexity index is 2170. The summed E-state index contributed by atoms with van der Waals surface area (Å²) >= 11 is 1.81. The van der Waals surface area contributed by atoms with E-state index in [-0.39, 0.29) is 47.9 Å². The molecule has 3 aromatic carbocycles. The summed E-state index contributed by atoms with van der Waals surface area (Å²) in [7, 11) is 0. The molecule has 0 saturated heterocycles. The first kappa shape index (κ1) is 40.2. The molecule has 6 heteroatoms. The zero-order valence-corrected chi connectivity index (χ0v) is 35.0. The van der Waals surface area contributed by atoms with E-state index in [4.69, 9.17) is 9.40 Å². The molecule has 3 aromatic heterocycles. The van der Waals surface area contributed by atoms with Crippen molar-refractivity contribution in [3.05, 3.63) is 102 Å². The number of aliphatic hydroxyl groups is 1. The second-order valence-electron chi connectivity index (χ2n) is 15.1. The zero-order chi connectivity index (χ0) is 36.4. The van der Waals surface area contributed by atoms with Gasteiger partial charge in [-0.05, 0) is 84.9 Å². The number of aliphatic hydroxyl groups excluding tert-OH is 1. The largest absolute Gasteiger partial charge is 0.512 e. The molecule has 51 heavy (non-hydrogen) atoms. The van der Waals surface area contributed by atoms with Crippen molar-refractivity contribution >= 4 is 48.9 Å². The summed E-state index contributed by atoms with van der Waals surface area (Å²) < 4.78 is 6.87. The zero-order valence-electron chi connectivity index (χ0n) is 31.8. The van der Waals surface area contributed by atoms with Gasteiger partial charge in [-0.1, -0.05) is 91.5 Å². The predicted octanol–water partition coefficient (Wildman–Crippen LogP) is 13.6. The van der Waals surface area contributed by atoms with Crippen molar-refractivity contribution in [3.8, 4) is 21.7 Å². The maximum Gasteiger partial charge on any atom is 0.164 e. The van der Waals surface area contributed by atoms with Crippen molar-refractivity contribution in [2.75, 3.05) is 0 Å². The quantitative estimate of drug-likeness (QED) is 0.0893. The predicted molar refractivity (Wildman–Crippen MR) is 213 cm³/mol. The van der Waals surface area contributed by atoms with Gasteiger partial charge >= 0.3 is 0 Å². The normalized spacial score (nSPS) is 12.5. The van der Waals surface area contributed by atoms with Crippen LogP contribution in [0, 0.1) is 23.8 Å². The minimum absolute atomic E-state index is 0. The summed E-state index contributed by atoms with van der Waals surface area (Å²) in [5.41, 5.74) is 6.08. The molecule has 0 spiro atoms. The van der Waals surface area contributed by atoms with Gasteiger partial charge in [0.2, 0.25) is 0 Å². The fraction of sp³-hybridized carbons (Fsp3) is 0.378. The molecule has 0 amide bonds. The Labute approximate surface area is 321 Å². The fourth-order valence-electron chi connectivity index (χ4n) is 6.29. The van der Waals surface area contributed by atoms with E-state index >= 15 is 0 Å². The summed E-state index contributed by atoms with van der Waals surface area (Å²) in [4.78, 5) is 18.2. The third-order valence-electron chi connectivity index (χ3n) is 10.9. The van der Waals surface area contributed by atoms with Crippen LogP contribution < -0.4 is 0 Å². The van der Waals surface area contributed by atoms with Crippen LogP contribution in [-0.2, 0) is 30.3 Å². The standard InChI is InChI=1S/C30H24NOS.C15H28O2.Ir/c1-18-17-32-26-10-9-20(14-23(18)26)28-16-24-27(33-28)11-12-31-29(24)21-13-19-7-5-6-8-22(19)25(15-21)30(2,3)4;1-7-14(5,8-2)12(16)11-13(17)15(6,9-3)10-4;/h5-12,14-17H,1-4H3;11,16H,7-10H2,1-6H3;/q-1;;/b;12-11-;. The van der Waals surface area contributed by atoms with Crippen LogP contribution in [0.3, 0.4) is 0 Å². The van der Waals surface area contributed by atoms with Crippen LogP contribution in [0.4, 0.5) is 0 Å². The number of furan rings is 1. The van der Waals surface area contributed by atoms with Crippen LogP contribution in [0.5, 0.6) is 0 Å². The number of carbonyl (C=O) groups excluding carboxylic acids is 1. The van der Waals surface area contributed by atoms with Crippen LogP contribution in [-0.4, -0.2) is 15.9 Å². The topological polar surface area (TPSA) is 63.3 Å². The van der Waals surface area contributed by atoms with E-state index < -0.39 is 0 Å². The Morgan fingerprint density at radius 1 is 0.863 bits per heavy atom.